The molecule has 1 heterocycles. The van der Waals surface area contributed by atoms with Gasteiger partial charge in [-0.1, -0.05) is 20.8 Å². The van der Waals surface area contributed by atoms with Gasteiger partial charge in [0.05, 0.1) is 0 Å². The molecule has 0 bridgehead atoms. The minimum Gasteiger partial charge on any atom is -0.445 e. The van der Waals surface area contributed by atoms with Gasteiger partial charge in [-0.15, -0.1) is 0 Å². The fraction of sp³-hybridized carbons (Fsp3) is 0.500. The average molecular weight is 139 g/mol. The molecule has 0 spiro atoms. The zero-order valence-electron chi connectivity index (χ0n) is 6.64. The van der Waals surface area contributed by atoms with Crippen LogP contribution in [0.1, 0.15) is 26.5 Å². The van der Waals surface area contributed by atoms with Crippen molar-refractivity contribution in [2.24, 2.45) is 0 Å². The van der Waals surface area contributed by atoms with Crippen LogP contribution in [-0.4, -0.2) is 0 Å². The first-order valence-corrected chi connectivity index (χ1v) is 3.36. The molecular formula is C8H13NO. The first-order valence-electron chi connectivity index (χ1n) is 3.36. The summed E-state index contributed by atoms with van der Waals surface area (Å²) in [6.45, 7) is 6.27. The molecule has 0 radical (unpaired) electrons. The van der Waals surface area contributed by atoms with Crippen LogP contribution in [0.3, 0.4) is 0 Å². The van der Waals surface area contributed by atoms with Crippen LogP contribution in [0.15, 0.2) is 16.5 Å². The Labute approximate surface area is 61.0 Å². The lowest BCUT2D eigenvalue weighted by molar-refractivity contribution is 0.419. The molecule has 0 aliphatic carbocycles. The summed E-state index contributed by atoms with van der Waals surface area (Å²) in [5, 5.41) is 0. The molecule has 1 rings (SSSR count). The number of hydrogen-bond acceptors (Lipinski definition) is 2. The van der Waals surface area contributed by atoms with E-state index in [0.717, 1.165) is 5.76 Å². The summed E-state index contributed by atoms with van der Waals surface area (Å²) in [5.41, 5.74) is 5.48. The van der Waals surface area contributed by atoms with Crippen LogP contribution in [0.4, 0.5) is 5.88 Å². The summed E-state index contributed by atoms with van der Waals surface area (Å²) in [5.74, 6) is 1.43. The monoisotopic (exact) mass is 139 g/mol. The van der Waals surface area contributed by atoms with E-state index in [9.17, 15) is 0 Å². The molecule has 56 valence electrons. The van der Waals surface area contributed by atoms with E-state index in [1.807, 2.05) is 6.07 Å². The SMILES string of the molecule is CC(C)(C)c1ccc(N)o1. The van der Waals surface area contributed by atoms with Gasteiger partial charge in [0.1, 0.15) is 5.76 Å². The highest BCUT2D eigenvalue weighted by Crippen LogP contribution is 2.24. The van der Waals surface area contributed by atoms with E-state index in [1.165, 1.54) is 0 Å². The number of hydrogen-bond donors (Lipinski definition) is 1. The highest BCUT2D eigenvalue weighted by molar-refractivity contribution is 5.27. The highest BCUT2D eigenvalue weighted by atomic mass is 16.4. The van der Waals surface area contributed by atoms with E-state index in [-0.39, 0.29) is 5.41 Å². The molecule has 2 N–H and O–H groups in total. The summed E-state index contributed by atoms with van der Waals surface area (Å²) < 4.78 is 5.23. The third-order valence-corrected chi connectivity index (χ3v) is 1.37. The molecule has 2 nitrogen and oxygen atoms in total. The Hall–Kier alpha value is -0.920. The number of nitrogens with two attached hydrogens (primary N) is 1. The van der Waals surface area contributed by atoms with Crippen molar-refractivity contribution in [2.45, 2.75) is 26.2 Å². The molecule has 0 aliphatic rings. The van der Waals surface area contributed by atoms with Crippen molar-refractivity contribution in [1.29, 1.82) is 0 Å². The highest BCUT2D eigenvalue weighted by Gasteiger charge is 2.16. The fourth-order valence-electron chi connectivity index (χ4n) is 0.756. The topological polar surface area (TPSA) is 39.2 Å². The van der Waals surface area contributed by atoms with Gasteiger partial charge in [-0.05, 0) is 6.07 Å². The predicted molar refractivity (Wildman–Crippen MR) is 41.8 cm³/mol. The van der Waals surface area contributed by atoms with Gasteiger partial charge < -0.3 is 10.2 Å². The van der Waals surface area contributed by atoms with Crippen molar-refractivity contribution in [2.75, 3.05) is 5.73 Å². The number of nitrogen functional groups attached to an aromatic ring is 1. The molecule has 0 atom stereocenters. The molecule has 0 unspecified atom stereocenters. The van der Waals surface area contributed by atoms with E-state index in [1.54, 1.807) is 6.07 Å². The molecule has 1 aromatic rings. The third kappa shape index (κ3) is 1.32. The normalized spacial score (nSPS) is 11.9. The van der Waals surface area contributed by atoms with Crippen molar-refractivity contribution in [3.8, 4) is 0 Å². The summed E-state index contributed by atoms with van der Waals surface area (Å²) >= 11 is 0. The van der Waals surface area contributed by atoms with Gasteiger partial charge in [-0.2, -0.15) is 0 Å². The van der Waals surface area contributed by atoms with Gasteiger partial charge in [-0.25, -0.2) is 0 Å². The Kier molecular flexibility index (Phi) is 1.47. The van der Waals surface area contributed by atoms with Crippen LogP contribution in [0.25, 0.3) is 0 Å². The minimum absolute atomic E-state index is 0.0671. The standard InChI is InChI=1S/C8H13NO/c1-8(2,3)6-4-5-7(9)10-6/h4-5H,9H2,1-3H3. The summed E-state index contributed by atoms with van der Waals surface area (Å²) in [6.07, 6.45) is 0. The van der Waals surface area contributed by atoms with Gasteiger partial charge in [0.15, 0.2) is 5.88 Å². The number of anilines is 1. The molecule has 0 aliphatic heterocycles. The van der Waals surface area contributed by atoms with Gasteiger partial charge in [0.2, 0.25) is 0 Å². The van der Waals surface area contributed by atoms with E-state index in [2.05, 4.69) is 20.8 Å². The maximum atomic E-state index is 5.41. The zero-order valence-corrected chi connectivity index (χ0v) is 6.64. The van der Waals surface area contributed by atoms with Gasteiger partial charge in [-0.3, -0.25) is 0 Å². The molecule has 0 saturated heterocycles. The van der Waals surface area contributed by atoms with Crippen LogP contribution in [-0.2, 0) is 5.41 Å². The largest absolute Gasteiger partial charge is 0.445 e. The fourth-order valence-corrected chi connectivity index (χ4v) is 0.756. The third-order valence-electron chi connectivity index (χ3n) is 1.37. The van der Waals surface area contributed by atoms with E-state index in [0.29, 0.717) is 5.88 Å². The number of rotatable bonds is 0. The zero-order chi connectivity index (χ0) is 7.78. The maximum absolute atomic E-state index is 5.41. The Morgan fingerprint density at radius 1 is 1.30 bits per heavy atom. The summed E-state index contributed by atoms with van der Waals surface area (Å²) in [6, 6.07) is 3.69. The van der Waals surface area contributed by atoms with Crippen LogP contribution in [0.5, 0.6) is 0 Å². The molecule has 2 heteroatoms. The van der Waals surface area contributed by atoms with Crippen LogP contribution < -0.4 is 5.73 Å². The lowest BCUT2D eigenvalue weighted by Gasteiger charge is -2.13. The van der Waals surface area contributed by atoms with Gasteiger partial charge in [0.25, 0.3) is 0 Å². The Morgan fingerprint density at radius 3 is 2.10 bits per heavy atom. The van der Waals surface area contributed by atoms with E-state index >= 15 is 0 Å². The molecule has 0 fully saturated rings. The Balaban J connectivity index is 2.96. The van der Waals surface area contributed by atoms with Crippen molar-refractivity contribution < 1.29 is 4.42 Å². The van der Waals surface area contributed by atoms with Crippen LogP contribution in [0.2, 0.25) is 0 Å². The summed E-state index contributed by atoms with van der Waals surface area (Å²) in [4.78, 5) is 0. The smallest absolute Gasteiger partial charge is 0.190 e. The second kappa shape index (κ2) is 2.04. The maximum Gasteiger partial charge on any atom is 0.190 e. The second-order valence-corrected chi connectivity index (χ2v) is 3.45. The number of furan rings is 1. The lowest BCUT2D eigenvalue weighted by atomic mass is 9.94. The Morgan fingerprint density at radius 2 is 1.90 bits per heavy atom. The predicted octanol–water partition coefficient (Wildman–Crippen LogP) is 2.16. The summed E-state index contributed by atoms with van der Waals surface area (Å²) in [7, 11) is 0. The molecule has 0 aromatic carbocycles. The van der Waals surface area contributed by atoms with E-state index in [4.69, 9.17) is 10.2 Å². The first-order chi connectivity index (χ1) is 4.50. The first kappa shape index (κ1) is 7.19. The van der Waals surface area contributed by atoms with E-state index < -0.39 is 0 Å². The van der Waals surface area contributed by atoms with Gasteiger partial charge in [0, 0.05) is 11.5 Å². The minimum atomic E-state index is 0.0671. The van der Waals surface area contributed by atoms with Crippen molar-refractivity contribution >= 4 is 5.88 Å². The lowest BCUT2D eigenvalue weighted by Crippen LogP contribution is -2.08. The quantitative estimate of drug-likeness (QED) is 0.598. The molecular weight excluding hydrogens is 126 g/mol. The molecule has 0 amide bonds. The van der Waals surface area contributed by atoms with Crippen LogP contribution in [0, 0.1) is 0 Å². The van der Waals surface area contributed by atoms with Crippen molar-refractivity contribution in [1.82, 2.24) is 0 Å². The van der Waals surface area contributed by atoms with Crippen molar-refractivity contribution in [3.63, 3.8) is 0 Å². The molecule has 0 saturated carbocycles. The van der Waals surface area contributed by atoms with Crippen LogP contribution >= 0.6 is 0 Å². The molecule has 10 heavy (non-hydrogen) atoms. The van der Waals surface area contributed by atoms with Gasteiger partial charge >= 0.3 is 0 Å². The Bertz CT molecular complexity index is 219. The average Bonchev–Trinajstić information content (AvgIpc) is 2.11. The molecule has 1 aromatic heterocycles. The van der Waals surface area contributed by atoms with Crippen molar-refractivity contribution in [3.05, 3.63) is 17.9 Å². The second-order valence-electron chi connectivity index (χ2n) is 3.45.